The number of carbonyl (C=O) groups is 1. The van der Waals surface area contributed by atoms with Gasteiger partial charge in [-0.3, -0.25) is 0 Å². The number of anilines is 1. The first kappa shape index (κ1) is 12.8. The highest BCUT2D eigenvalue weighted by Crippen LogP contribution is 2.16. The highest BCUT2D eigenvalue weighted by atomic mass is 35.5. The van der Waals surface area contributed by atoms with E-state index in [0.717, 1.165) is 5.56 Å². The molecule has 14 heavy (non-hydrogen) atoms. The molecular formula is C10H14ClNO2. The molecule has 0 fully saturated rings. The van der Waals surface area contributed by atoms with Crippen LogP contribution in [-0.4, -0.2) is 12.6 Å². The zero-order valence-electron chi connectivity index (χ0n) is 8.24. The molecule has 1 aromatic rings. The highest BCUT2D eigenvalue weighted by molar-refractivity contribution is 5.95. The molecule has 0 spiro atoms. The molecular weight excluding hydrogens is 202 g/mol. The first-order valence-corrected chi connectivity index (χ1v) is 4.19. The Morgan fingerprint density at radius 1 is 1.50 bits per heavy atom. The molecule has 4 heteroatoms. The summed E-state index contributed by atoms with van der Waals surface area (Å²) in [7, 11) is 0. The number of hydrogen-bond acceptors (Lipinski definition) is 3. The minimum atomic E-state index is -0.358. The summed E-state index contributed by atoms with van der Waals surface area (Å²) in [6.07, 6.45) is 0. The topological polar surface area (TPSA) is 52.3 Å². The molecule has 0 aliphatic carbocycles. The molecule has 0 aromatic heterocycles. The summed E-state index contributed by atoms with van der Waals surface area (Å²) in [5.74, 6) is -0.358. The normalized spacial score (nSPS) is 9.00. The quantitative estimate of drug-likeness (QED) is 0.608. The van der Waals surface area contributed by atoms with Gasteiger partial charge in [0, 0.05) is 5.69 Å². The number of hydrogen-bond donors (Lipinski definition) is 1. The van der Waals surface area contributed by atoms with Crippen LogP contribution in [0.2, 0.25) is 0 Å². The summed E-state index contributed by atoms with van der Waals surface area (Å²) in [5.41, 5.74) is 7.55. The molecule has 0 aliphatic heterocycles. The van der Waals surface area contributed by atoms with Gasteiger partial charge >= 0.3 is 5.97 Å². The fourth-order valence-corrected chi connectivity index (χ4v) is 1.07. The van der Waals surface area contributed by atoms with Crippen LogP contribution in [0.3, 0.4) is 0 Å². The second kappa shape index (κ2) is 5.50. The second-order valence-electron chi connectivity index (χ2n) is 2.76. The van der Waals surface area contributed by atoms with Crippen LogP contribution in [0.15, 0.2) is 18.2 Å². The summed E-state index contributed by atoms with van der Waals surface area (Å²) in [6, 6.07) is 5.32. The van der Waals surface area contributed by atoms with Crippen molar-refractivity contribution in [3.63, 3.8) is 0 Å². The first-order chi connectivity index (χ1) is 6.16. The van der Waals surface area contributed by atoms with Crippen LogP contribution in [-0.2, 0) is 4.74 Å². The van der Waals surface area contributed by atoms with Crippen molar-refractivity contribution >= 4 is 24.1 Å². The third kappa shape index (κ3) is 2.64. The molecule has 0 atom stereocenters. The summed E-state index contributed by atoms with van der Waals surface area (Å²) in [5, 5.41) is 0. The fraction of sp³-hybridized carbons (Fsp3) is 0.300. The standard InChI is InChI=1S/C10H13NO2.ClH/c1-3-13-10(12)8-6-4-5-7(2)9(8)11;/h4-6H,3,11H2,1-2H3;1H. The lowest BCUT2D eigenvalue weighted by Crippen LogP contribution is -2.08. The maximum absolute atomic E-state index is 11.3. The van der Waals surface area contributed by atoms with Crippen molar-refractivity contribution in [2.24, 2.45) is 0 Å². The van der Waals surface area contributed by atoms with Gasteiger partial charge in [0.25, 0.3) is 0 Å². The van der Waals surface area contributed by atoms with Gasteiger partial charge in [-0.15, -0.1) is 12.4 Å². The number of esters is 1. The van der Waals surface area contributed by atoms with Crippen LogP contribution in [0, 0.1) is 6.92 Å². The number of aryl methyl sites for hydroxylation is 1. The lowest BCUT2D eigenvalue weighted by Gasteiger charge is -2.06. The molecule has 0 amide bonds. The average Bonchev–Trinajstić information content (AvgIpc) is 2.10. The Balaban J connectivity index is 0.00000169. The van der Waals surface area contributed by atoms with Crippen LogP contribution < -0.4 is 5.73 Å². The number of nitrogen functional groups attached to an aromatic ring is 1. The Morgan fingerprint density at radius 3 is 2.71 bits per heavy atom. The number of halogens is 1. The molecule has 1 aromatic carbocycles. The van der Waals surface area contributed by atoms with Crippen LogP contribution in [0.1, 0.15) is 22.8 Å². The van der Waals surface area contributed by atoms with Gasteiger partial charge in [0.2, 0.25) is 0 Å². The van der Waals surface area contributed by atoms with Gasteiger partial charge in [-0.1, -0.05) is 12.1 Å². The number of benzene rings is 1. The van der Waals surface area contributed by atoms with Crippen LogP contribution in [0.5, 0.6) is 0 Å². The summed E-state index contributed by atoms with van der Waals surface area (Å²) >= 11 is 0. The van der Waals surface area contributed by atoms with Crippen molar-refractivity contribution in [3.8, 4) is 0 Å². The lowest BCUT2D eigenvalue weighted by atomic mass is 10.1. The summed E-state index contributed by atoms with van der Waals surface area (Å²) in [4.78, 5) is 11.3. The lowest BCUT2D eigenvalue weighted by molar-refractivity contribution is 0.0527. The number of ether oxygens (including phenoxy) is 1. The Bertz CT molecular complexity index is 326. The molecule has 0 unspecified atom stereocenters. The highest BCUT2D eigenvalue weighted by Gasteiger charge is 2.10. The maximum Gasteiger partial charge on any atom is 0.340 e. The Hall–Kier alpha value is -1.22. The van der Waals surface area contributed by atoms with E-state index in [1.807, 2.05) is 13.0 Å². The van der Waals surface area contributed by atoms with Crippen molar-refractivity contribution in [1.82, 2.24) is 0 Å². The van der Waals surface area contributed by atoms with E-state index in [1.165, 1.54) is 0 Å². The molecule has 0 saturated heterocycles. The van der Waals surface area contributed by atoms with E-state index in [9.17, 15) is 4.79 Å². The second-order valence-corrected chi connectivity index (χ2v) is 2.76. The van der Waals surface area contributed by atoms with Gasteiger partial charge in [0.1, 0.15) is 0 Å². The van der Waals surface area contributed by atoms with Crippen LogP contribution in [0.4, 0.5) is 5.69 Å². The molecule has 0 heterocycles. The van der Waals surface area contributed by atoms with Crippen molar-refractivity contribution in [3.05, 3.63) is 29.3 Å². The predicted octanol–water partition coefficient (Wildman–Crippen LogP) is 2.18. The van der Waals surface area contributed by atoms with Gasteiger partial charge in [0.15, 0.2) is 0 Å². The molecule has 0 aliphatic rings. The Morgan fingerprint density at radius 2 is 2.14 bits per heavy atom. The van der Waals surface area contributed by atoms with Crippen molar-refractivity contribution < 1.29 is 9.53 Å². The predicted molar refractivity (Wildman–Crippen MR) is 58.8 cm³/mol. The molecule has 78 valence electrons. The minimum Gasteiger partial charge on any atom is -0.462 e. The minimum absolute atomic E-state index is 0. The average molecular weight is 216 g/mol. The van der Waals surface area contributed by atoms with E-state index in [2.05, 4.69) is 0 Å². The molecule has 0 radical (unpaired) electrons. The van der Waals surface area contributed by atoms with E-state index >= 15 is 0 Å². The van der Waals surface area contributed by atoms with Gasteiger partial charge in [-0.25, -0.2) is 4.79 Å². The van der Waals surface area contributed by atoms with E-state index in [0.29, 0.717) is 17.9 Å². The molecule has 0 bridgehead atoms. The van der Waals surface area contributed by atoms with Crippen molar-refractivity contribution in [2.45, 2.75) is 13.8 Å². The first-order valence-electron chi connectivity index (χ1n) is 4.19. The molecule has 1 rings (SSSR count). The van der Waals surface area contributed by atoms with E-state index in [4.69, 9.17) is 10.5 Å². The van der Waals surface area contributed by atoms with Crippen LogP contribution >= 0.6 is 12.4 Å². The zero-order valence-corrected chi connectivity index (χ0v) is 9.06. The largest absolute Gasteiger partial charge is 0.462 e. The summed E-state index contributed by atoms with van der Waals surface area (Å²) in [6.45, 7) is 3.99. The van der Waals surface area contributed by atoms with Gasteiger partial charge in [0.05, 0.1) is 12.2 Å². The number of para-hydroxylation sites is 1. The monoisotopic (exact) mass is 215 g/mol. The molecule has 2 N–H and O–H groups in total. The Kier molecular flexibility index (Phi) is 5.02. The smallest absolute Gasteiger partial charge is 0.340 e. The van der Waals surface area contributed by atoms with E-state index in [-0.39, 0.29) is 18.4 Å². The van der Waals surface area contributed by atoms with Gasteiger partial charge < -0.3 is 10.5 Å². The summed E-state index contributed by atoms with van der Waals surface area (Å²) < 4.78 is 4.84. The van der Waals surface area contributed by atoms with Crippen molar-refractivity contribution in [2.75, 3.05) is 12.3 Å². The van der Waals surface area contributed by atoms with Crippen LogP contribution in [0.25, 0.3) is 0 Å². The number of rotatable bonds is 2. The molecule has 3 nitrogen and oxygen atoms in total. The Labute approximate surface area is 89.7 Å². The van der Waals surface area contributed by atoms with E-state index < -0.39 is 0 Å². The third-order valence-corrected chi connectivity index (χ3v) is 1.82. The SMILES string of the molecule is CCOC(=O)c1cccc(C)c1N.Cl. The number of nitrogens with two attached hydrogens (primary N) is 1. The van der Waals surface area contributed by atoms with Gasteiger partial charge in [-0.05, 0) is 25.5 Å². The van der Waals surface area contributed by atoms with E-state index in [1.54, 1.807) is 19.1 Å². The maximum atomic E-state index is 11.3. The van der Waals surface area contributed by atoms with Crippen molar-refractivity contribution in [1.29, 1.82) is 0 Å². The number of carbonyl (C=O) groups excluding carboxylic acids is 1. The fourth-order valence-electron chi connectivity index (χ4n) is 1.07. The van der Waals surface area contributed by atoms with Gasteiger partial charge in [-0.2, -0.15) is 0 Å². The third-order valence-electron chi connectivity index (χ3n) is 1.82. The zero-order chi connectivity index (χ0) is 9.84. The molecule has 0 saturated carbocycles.